The lowest BCUT2D eigenvalue weighted by Gasteiger charge is -2.22. The Morgan fingerprint density at radius 2 is 1.68 bits per heavy atom. The van der Waals surface area contributed by atoms with E-state index in [4.69, 9.17) is 20.1 Å². The van der Waals surface area contributed by atoms with Crippen molar-refractivity contribution in [1.82, 2.24) is 16.0 Å². The zero-order valence-electron chi connectivity index (χ0n) is 18.9. The molecule has 0 aliphatic carbocycles. The normalized spacial score (nSPS) is 12.0. The number of rotatable bonds is 17. The maximum atomic E-state index is 12.8. The molecular weight excluding hydrogens is 448 g/mol. The molecule has 2 atom stereocenters. The average Bonchev–Trinajstić information content (AvgIpc) is 2.79. The van der Waals surface area contributed by atoms with Crippen molar-refractivity contribution in [3.63, 3.8) is 0 Å². The van der Waals surface area contributed by atoms with E-state index >= 15 is 0 Å². The van der Waals surface area contributed by atoms with Crippen molar-refractivity contribution in [1.29, 1.82) is 0 Å². The molecule has 0 saturated carbocycles. The molecule has 3 amide bonds. The molecule has 13 nitrogen and oxygen atoms in total. The van der Waals surface area contributed by atoms with E-state index in [1.165, 1.54) is 6.92 Å². The fourth-order valence-corrected chi connectivity index (χ4v) is 2.80. The number of azide groups is 1. The molecule has 0 spiro atoms. The molecule has 1 rings (SSSR count). The van der Waals surface area contributed by atoms with Crippen LogP contribution in [0.4, 0.5) is 0 Å². The van der Waals surface area contributed by atoms with Crippen LogP contribution in [0.15, 0.2) is 35.4 Å². The predicted molar refractivity (Wildman–Crippen MR) is 121 cm³/mol. The van der Waals surface area contributed by atoms with Gasteiger partial charge in [0.25, 0.3) is 0 Å². The van der Waals surface area contributed by atoms with E-state index < -0.39 is 42.2 Å². The highest BCUT2D eigenvalue weighted by molar-refractivity contribution is 5.93. The lowest BCUT2D eigenvalue weighted by Crippen LogP contribution is -2.55. The van der Waals surface area contributed by atoms with Crippen molar-refractivity contribution in [3.8, 4) is 0 Å². The molecule has 0 unspecified atom stereocenters. The standard InChI is InChI=1S/C21H30N6O7/c1-15(28)25-17(13-16-5-3-2-4-6-16)21(32)26-18(14-19(29)30)20(31)23-7-9-33-11-12-34-10-8-24-27-22/h2-6,17-18H,7-14H2,1H3,(H,23,31)(H,25,28)(H,26,32)(H,29,30)/t17-,18+/m1/s1. The second-order valence-corrected chi connectivity index (χ2v) is 7.07. The molecule has 0 radical (unpaired) electrons. The highest BCUT2D eigenvalue weighted by Crippen LogP contribution is 2.05. The number of ether oxygens (including phenoxy) is 2. The number of carbonyl (C=O) groups excluding carboxylic acids is 3. The second-order valence-electron chi connectivity index (χ2n) is 7.07. The summed E-state index contributed by atoms with van der Waals surface area (Å²) in [5.74, 6) is -3.07. The molecular formula is C21H30N6O7. The van der Waals surface area contributed by atoms with Gasteiger partial charge in [0.1, 0.15) is 12.1 Å². The Kier molecular flexibility index (Phi) is 14.1. The van der Waals surface area contributed by atoms with Gasteiger partial charge in [-0.15, -0.1) is 0 Å². The highest BCUT2D eigenvalue weighted by atomic mass is 16.5. The van der Waals surface area contributed by atoms with Crippen LogP contribution in [-0.4, -0.2) is 80.4 Å². The van der Waals surface area contributed by atoms with Crippen LogP contribution in [0.1, 0.15) is 18.9 Å². The van der Waals surface area contributed by atoms with Gasteiger partial charge in [-0.25, -0.2) is 0 Å². The lowest BCUT2D eigenvalue weighted by atomic mass is 10.0. The first-order valence-electron chi connectivity index (χ1n) is 10.6. The summed E-state index contributed by atoms with van der Waals surface area (Å²) in [6.45, 7) is 2.50. The van der Waals surface area contributed by atoms with Gasteiger partial charge in [-0.05, 0) is 11.1 Å². The summed E-state index contributed by atoms with van der Waals surface area (Å²) in [6.07, 6.45) is -0.456. The fraction of sp³-hybridized carbons (Fsp3) is 0.524. The lowest BCUT2D eigenvalue weighted by molar-refractivity contribution is -0.141. The molecule has 13 heteroatoms. The summed E-state index contributed by atoms with van der Waals surface area (Å²) < 4.78 is 10.4. The number of nitrogens with one attached hydrogen (secondary N) is 3. The molecule has 1 aromatic carbocycles. The Bertz CT molecular complexity index is 845. The number of benzene rings is 1. The average molecular weight is 479 g/mol. The third-order valence-electron chi connectivity index (χ3n) is 4.30. The molecule has 34 heavy (non-hydrogen) atoms. The van der Waals surface area contributed by atoms with E-state index in [-0.39, 0.29) is 45.9 Å². The second kappa shape index (κ2) is 16.9. The van der Waals surface area contributed by atoms with Crippen LogP contribution in [0.3, 0.4) is 0 Å². The minimum atomic E-state index is -1.33. The van der Waals surface area contributed by atoms with Gasteiger partial charge in [0.2, 0.25) is 17.7 Å². The first-order valence-corrected chi connectivity index (χ1v) is 10.6. The molecule has 0 saturated heterocycles. The Morgan fingerprint density at radius 1 is 1.00 bits per heavy atom. The van der Waals surface area contributed by atoms with Crippen molar-refractivity contribution >= 4 is 23.7 Å². The Labute approximate surface area is 196 Å². The molecule has 186 valence electrons. The summed E-state index contributed by atoms with van der Waals surface area (Å²) in [5, 5.41) is 19.9. The monoisotopic (exact) mass is 478 g/mol. The first-order chi connectivity index (χ1) is 16.3. The topological polar surface area (TPSA) is 192 Å². The van der Waals surface area contributed by atoms with Crippen molar-refractivity contribution in [2.24, 2.45) is 5.11 Å². The van der Waals surface area contributed by atoms with E-state index in [1.807, 2.05) is 6.07 Å². The van der Waals surface area contributed by atoms with Crippen molar-refractivity contribution in [2.45, 2.75) is 31.8 Å². The number of amides is 3. The summed E-state index contributed by atoms with van der Waals surface area (Å²) in [5.41, 5.74) is 8.93. The molecule has 0 heterocycles. The zero-order valence-corrected chi connectivity index (χ0v) is 18.9. The number of aliphatic carboxylic acids is 1. The quantitative estimate of drug-likeness (QED) is 0.106. The van der Waals surface area contributed by atoms with Crippen LogP contribution >= 0.6 is 0 Å². The SMILES string of the molecule is CC(=O)N[C@H](Cc1ccccc1)C(=O)N[C@@H](CC(=O)O)C(=O)NCCOCCOCCN=[N+]=[N-]. The summed E-state index contributed by atoms with van der Waals surface area (Å²) in [4.78, 5) is 50.6. The van der Waals surface area contributed by atoms with E-state index in [0.717, 1.165) is 5.56 Å². The van der Waals surface area contributed by atoms with E-state index in [2.05, 4.69) is 26.0 Å². The maximum Gasteiger partial charge on any atom is 0.305 e. The smallest absolute Gasteiger partial charge is 0.305 e. The van der Waals surface area contributed by atoms with Crippen molar-refractivity contribution in [2.75, 3.05) is 39.5 Å². The predicted octanol–water partition coefficient (Wildman–Crippen LogP) is 0.153. The van der Waals surface area contributed by atoms with Crippen LogP contribution in [0.25, 0.3) is 10.4 Å². The van der Waals surface area contributed by atoms with Crippen LogP contribution in [0.2, 0.25) is 0 Å². The summed E-state index contributed by atoms with van der Waals surface area (Å²) in [7, 11) is 0. The Morgan fingerprint density at radius 3 is 2.29 bits per heavy atom. The Balaban J connectivity index is 2.54. The van der Waals surface area contributed by atoms with Gasteiger partial charge >= 0.3 is 5.97 Å². The molecule has 0 bridgehead atoms. The number of carbonyl (C=O) groups is 4. The Hall–Kier alpha value is -3.67. The number of hydrogen-bond acceptors (Lipinski definition) is 7. The highest BCUT2D eigenvalue weighted by Gasteiger charge is 2.28. The van der Waals surface area contributed by atoms with Crippen molar-refractivity contribution in [3.05, 3.63) is 46.3 Å². The fourth-order valence-electron chi connectivity index (χ4n) is 2.80. The summed E-state index contributed by atoms with van der Waals surface area (Å²) >= 11 is 0. The number of nitrogens with zero attached hydrogens (tertiary/aromatic N) is 3. The van der Waals surface area contributed by atoms with Gasteiger partial charge in [-0.1, -0.05) is 35.4 Å². The van der Waals surface area contributed by atoms with Crippen molar-refractivity contribution < 1.29 is 33.8 Å². The van der Waals surface area contributed by atoms with E-state index in [0.29, 0.717) is 0 Å². The molecule has 0 aliphatic heterocycles. The minimum Gasteiger partial charge on any atom is -0.481 e. The van der Waals surface area contributed by atoms with Gasteiger partial charge in [-0.2, -0.15) is 0 Å². The van der Waals surface area contributed by atoms with Crippen LogP contribution in [-0.2, 0) is 35.1 Å². The van der Waals surface area contributed by atoms with Gasteiger partial charge in [0, 0.05) is 31.3 Å². The number of hydrogen-bond donors (Lipinski definition) is 4. The van der Waals surface area contributed by atoms with Crippen LogP contribution in [0, 0.1) is 0 Å². The zero-order chi connectivity index (χ0) is 25.2. The van der Waals surface area contributed by atoms with E-state index in [1.54, 1.807) is 24.3 Å². The molecule has 0 aromatic heterocycles. The number of carboxylic acids is 1. The van der Waals surface area contributed by atoms with Gasteiger partial charge in [0.15, 0.2) is 0 Å². The van der Waals surface area contributed by atoms with E-state index in [9.17, 15) is 19.2 Å². The molecule has 4 N–H and O–H groups in total. The minimum absolute atomic E-state index is 0.0860. The third-order valence-corrected chi connectivity index (χ3v) is 4.30. The molecule has 0 aliphatic rings. The maximum absolute atomic E-state index is 12.8. The van der Waals surface area contributed by atoms with Gasteiger partial charge < -0.3 is 30.5 Å². The van der Waals surface area contributed by atoms with Crippen LogP contribution < -0.4 is 16.0 Å². The number of carboxylic acid groups (broad SMARTS) is 1. The van der Waals surface area contributed by atoms with Crippen LogP contribution in [0.5, 0.6) is 0 Å². The molecule has 0 fully saturated rings. The third kappa shape index (κ3) is 13.0. The van der Waals surface area contributed by atoms with Gasteiger partial charge in [0.05, 0.1) is 32.8 Å². The largest absolute Gasteiger partial charge is 0.481 e. The molecule has 1 aromatic rings. The summed E-state index contributed by atoms with van der Waals surface area (Å²) in [6, 6.07) is 6.65. The first kappa shape index (κ1) is 28.4. The van der Waals surface area contributed by atoms with Gasteiger partial charge in [-0.3, -0.25) is 19.2 Å².